The van der Waals surface area contributed by atoms with E-state index in [0.717, 1.165) is 45.0 Å². The highest BCUT2D eigenvalue weighted by atomic mass is 14.8. The lowest BCUT2D eigenvalue weighted by atomic mass is 10.0. The lowest BCUT2D eigenvalue weighted by Crippen LogP contribution is -1.89. The van der Waals surface area contributed by atoms with Crippen LogP contribution < -0.4 is 0 Å². The SMILES string of the molecule is Cc1ccc(N=Cc2ccc(-c3ccc(-c4ccc(C=Nc5ccc(C)cc5)nc4)cc3)cn2)cc1. The molecule has 0 atom stereocenters. The molecular weight excluding hydrogens is 440 g/mol. The van der Waals surface area contributed by atoms with Crippen LogP contribution in [0.4, 0.5) is 11.4 Å². The quantitative estimate of drug-likeness (QED) is 0.239. The van der Waals surface area contributed by atoms with E-state index in [4.69, 9.17) is 0 Å². The maximum Gasteiger partial charge on any atom is 0.0812 e. The molecule has 3 aromatic carbocycles. The van der Waals surface area contributed by atoms with Crippen LogP contribution in [0.3, 0.4) is 0 Å². The van der Waals surface area contributed by atoms with Crippen molar-refractivity contribution in [3.8, 4) is 22.3 Å². The Hall–Kier alpha value is -4.70. The minimum atomic E-state index is 0.827. The first-order valence-corrected chi connectivity index (χ1v) is 11.9. The van der Waals surface area contributed by atoms with Gasteiger partial charge in [-0.3, -0.25) is 20.0 Å². The zero-order valence-corrected chi connectivity index (χ0v) is 20.3. The fourth-order valence-electron chi connectivity index (χ4n) is 3.70. The Balaban J connectivity index is 1.24. The van der Waals surface area contributed by atoms with E-state index < -0.39 is 0 Å². The molecule has 0 fully saturated rings. The Morgan fingerprint density at radius 3 is 1.14 bits per heavy atom. The molecule has 0 spiro atoms. The number of aromatic nitrogens is 2. The Kier molecular flexibility index (Phi) is 6.86. The summed E-state index contributed by atoms with van der Waals surface area (Å²) >= 11 is 0. The molecule has 0 aliphatic rings. The third-order valence-electron chi connectivity index (χ3n) is 5.88. The molecule has 4 heteroatoms. The van der Waals surface area contributed by atoms with E-state index in [1.54, 1.807) is 12.4 Å². The summed E-state index contributed by atoms with van der Waals surface area (Å²) < 4.78 is 0. The zero-order chi connectivity index (χ0) is 24.7. The Bertz CT molecular complexity index is 1360. The minimum Gasteiger partial charge on any atom is -0.255 e. The largest absolute Gasteiger partial charge is 0.255 e. The van der Waals surface area contributed by atoms with Crippen molar-refractivity contribution in [2.75, 3.05) is 0 Å². The Morgan fingerprint density at radius 1 is 0.444 bits per heavy atom. The Morgan fingerprint density at radius 2 is 0.806 bits per heavy atom. The summed E-state index contributed by atoms with van der Waals surface area (Å²) in [5.74, 6) is 0. The van der Waals surface area contributed by atoms with Crippen molar-refractivity contribution < 1.29 is 0 Å². The molecule has 5 rings (SSSR count). The van der Waals surface area contributed by atoms with Crippen molar-refractivity contribution in [1.29, 1.82) is 0 Å². The van der Waals surface area contributed by atoms with E-state index in [9.17, 15) is 0 Å². The van der Waals surface area contributed by atoms with E-state index in [-0.39, 0.29) is 0 Å². The van der Waals surface area contributed by atoms with Crippen LogP contribution >= 0.6 is 0 Å². The molecule has 5 aromatic rings. The predicted molar refractivity (Wildman–Crippen MR) is 150 cm³/mol. The van der Waals surface area contributed by atoms with E-state index in [2.05, 4.69) is 94.5 Å². The van der Waals surface area contributed by atoms with Crippen LogP contribution in [0.5, 0.6) is 0 Å². The van der Waals surface area contributed by atoms with Crippen LogP contribution in [-0.4, -0.2) is 22.4 Å². The summed E-state index contributed by atoms with van der Waals surface area (Å²) in [7, 11) is 0. The predicted octanol–water partition coefficient (Wildman–Crippen LogP) is 7.93. The van der Waals surface area contributed by atoms with Crippen LogP contribution in [0, 0.1) is 13.8 Å². The van der Waals surface area contributed by atoms with Gasteiger partial charge in [-0.15, -0.1) is 0 Å². The van der Waals surface area contributed by atoms with Crippen LogP contribution in [-0.2, 0) is 0 Å². The van der Waals surface area contributed by atoms with E-state index >= 15 is 0 Å². The molecule has 0 saturated heterocycles. The number of hydrogen-bond donors (Lipinski definition) is 0. The number of hydrogen-bond acceptors (Lipinski definition) is 4. The molecule has 0 amide bonds. The lowest BCUT2D eigenvalue weighted by molar-refractivity contribution is 1.29. The van der Waals surface area contributed by atoms with Gasteiger partial charge in [0.2, 0.25) is 0 Å². The molecule has 0 bridgehead atoms. The van der Waals surface area contributed by atoms with Crippen molar-refractivity contribution in [2.24, 2.45) is 9.98 Å². The summed E-state index contributed by atoms with van der Waals surface area (Å²) in [6.45, 7) is 4.13. The van der Waals surface area contributed by atoms with Gasteiger partial charge in [-0.2, -0.15) is 0 Å². The molecule has 36 heavy (non-hydrogen) atoms. The zero-order valence-electron chi connectivity index (χ0n) is 20.3. The van der Waals surface area contributed by atoms with Gasteiger partial charge in [-0.1, -0.05) is 71.8 Å². The summed E-state index contributed by atoms with van der Waals surface area (Å²) in [6, 6.07) is 32.8. The first-order chi connectivity index (χ1) is 17.6. The molecule has 0 N–H and O–H groups in total. The van der Waals surface area contributed by atoms with Crippen molar-refractivity contribution in [1.82, 2.24) is 9.97 Å². The number of rotatable bonds is 6. The average molecular weight is 467 g/mol. The highest BCUT2D eigenvalue weighted by Gasteiger charge is 2.02. The van der Waals surface area contributed by atoms with Gasteiger partial charge >= 0.3 is 0 Å². The van der Waals surface area contributed by atoms with Crippen molar-refractivity contribution in [3.63, 3.8) is 0 Å². The van der Waals surface area contributed by atoms with Crippen LogP contribution in [0.25, 0.3) is 22.3 Å². The maximum atomic E-state index is 4.55. The second-order valence-electron chi connectivity index (χ2n) is 8.71. The van der Waals surface area contributed by atoms with Gasteiger partial charge < -0.3 is 0 Å². The van der Waals surface area contributed by atoms with Gasteiger partial charge in [0, 0.05) is 23.5 Å². The number of aliphatic imine (C=N–C) groups is 2. The van der Waals surface area contributed by atoms with Gasteiger partial charge in [0.15, 0.2) is 0 Å². The summed E-state index contributed by atoms with van der Waals surface area (Å²) in [5, 5.41) is 0. The monoisotopic (exact) mass is 466 g/mol. The molecule has 0 aliphatic carbocycles. The molecule has 2 aromatic heterocycles. The van der Waals surface area contributed by atoms with Crippen molar-refractivity contribution in [3.05, 3.63) is 132 Å². The summed E-state index contributed by atoms with van der Waals surface area (Å²) in [5.41, 5.74) is 10.3. The number of nitrogens with zero attached hydrogens (tertiary/aromatic N) is 4. The smallest absolute Gasteiger partial charge is 0.0812 e. The Labute approximate surface area is 211 Å². The second-order valence-corrected chi connectivity index (χ2v) is 8.71. The standard InChI is InChI=1S/C32H26N4/c1-23-3-13-29(14-4-23)35-21-31-17-11-27(19-33-31)25-7-9-26(10-8-25)28-12-18-32(34-20-28)22-36-30-15-5-24(2)6-16-30/h3-22H,1-2H3. The first-order valence-electron chi connectivity index (χ1n) is 11.9. The maximum absolute atomic E-state index is 4.55. The fourth-order valence-corrected chi connectivity index (χ4v) is 3.70. The average Bonchev–Trinajstić information content (AvgIpc) is 2.93. The molecular formula is C32H26N4. The van der Waals surface area contributed by atoms with Gasteiger partial charge in [0.1, 0.15) is 0 Å². The van der Waals surface area contributed by atoms with Crippen molar-refractivity contribution >= 4 is 23.8 Å². The number of pyridine rings is 2. The lowest BCUT2D eigenvalue weighted by Gasteiger charge is -2.05. The van der Waals surface area contributed by atoms with Gasteiger partial charge in [0.05, 0.1) is 35.2 Å². The number of benzene rings is 3. The first kappa shape index (κ1) is 23.1. The van der Waals surface area contributed by atoms with E-state index in [1.165, 1.54) is 11.1 Å². The van der Waals surface area contributed by atoms with Crippen LogP contribution in [0.2, 0.25) is 0 Å². The molecule has 0 radical (unpaired) electrons. The molecule has 0 unspecified atom stereocenters. The van der Waals surface area contributed by atoms with Gasteiger partial charge in [-0.25, -0.2) is 0 Å². The summed E-state index contributed by atoms with van der Waals surface area (Å²) in [4.78, 5) is 18.1. The number of aryl methyl sites for hydroxylation is 2. The molecule has 174 valence electrons. The molecule has 4 nitrogen and oxygen atoms in total. The normalized spacial score (nSPS) is 11.4. The van der Waals surface area contributed by atoms with Crippen LogP contribution in [0.1, 0.15) is 22.5 Å². The highest BCUT2D eigenvalue weighted by molar-refractivity contribution is 5.81. The third kappa shape index (κ3) is 5.86. The molecule has 2 heterocycles. The second kappa shape index (κ2) is 10.7. The van der Waals surface area contributed by atoms with Gasteiger partial charge in [0.25, 0.3) is 0 Å². The van der Waals surface area contributed by atoms with E-state index in [0.29, 0.717) is 0 Å². The van der Waals surface area contributed by atoms with Crippen molar-refractivity contribution in [2.45, 2.75) is 13.8 Å². The minimum absolute atomic E-state index is 0.827. The van der Waals surface area contributed by atoms with Crippen LogP contribution in [0.15, 0.2) is 119 Å². The van der Waals surface area contributed by atoms with Gasteiger partial charge in [-0.05, 0) is 61.4 Å². The highest BCUT2D eigenvalue weighted by Crippen LogP contribution is 2.24. The topological polar surface area (TPSA) is 50.5 Å². The fraction of sp³-hybridized carbons (Fsp3) is 0.0625. The van der Waals surface area contributed by atoms with E-state index in [1.807, 2.05) is 48.8 Å². The summed E-state index contributed by atoms with van der Waals surface area (Å²) in [6.07, 6.45) is 7.35. The third-order valence-corrected chi connectivity index (χ3v) is 5.88. The molecule has 0 saturated carbocycles. The molecule has 0 aliphatic heterocycles.